The number of hydrogen-bond donors (Lipinski definition) is 0. The van der Waals surface area contributed by atoms with E-state index in [1.807, 2.05) is 20.8 Å². The maximum atomic E-state index is 11.8. The molecule has 4 heteroatoms. The lowest BCUT2D eigenvalue weighted by atomic mass is 9.92. The minimum atomic E-state index is -0.713. The quantitative estimate of drug-likeness (QED) is 0.560. The number of nitrogens with zero attached hydrogens (tertiary/aromatic N) is 1. The Hall–Kier alpha value is -0.900. The summed E-state index contributed by atoms with van der Waals surface area (Å²) in [6.45, 7) is 8.17. The molecule has 2 fully saturated rings. The van der Waals surface area contributed by atoms with E-state index < -0.39 is 5.54 Å². The molecule has 84 valence electrons. The molecule has 0 unspecified atom stereocenters. The van der Waals surface area contributed by atoms with Crippen LogP contribution in [0.3, 0.4) is 0 Å². The fraction of sp³-hybridized carbons (Fsp3) is 0.818. The predicted molar refractivity (Wildman–Crippen MR) is 54.1 cm³/mol. The number of fused-ring (bicyclic) bond motifs is 1. The molecule has 0 bridgehead atoms. The van der Waals surface area contributed by atoms with E-state index >= 15 is 0 Å². The van der Waals surface area contributed by atoms with Crippen LogP contribution in [0.2, 0.25) is 0 Å². The molecule has 1 amide bonds. The highest BCUT2D eigenvalue weighted by Gasteiger charge is 2.59. The lowest BCUT2D eigenvalue weighted by Gasteiger charge is -2.35. The van der Waals surface area contributed by atoms with E-state index in [0.29, 0.717) is 6.61 Å². The molecule has 2 saturated heterocycles. The summed E-state index contributed by atoms with van der Waals surface area (Å²) in [6, 6.07) is 0. The molecule has 0 N–H and O–H groups in total. The Morgan fingerprint density at radius 1 is 1.40 bits per heavy atom. The van der Waals surface area contributed by atoms with E-state index in [9.17, 15) is 9.59 Å². The van der Waals surface area contributed by atoms with Crippen LogP contribution >= 0.6 is 0 Å². The molecule has 2 rings (SSSR count). The van der Waals surface area contributed by atoms with Crippen molar-refractivity contribution in [2.45, 2.75) is 45.9 Å². The molecule has 2 aliphatic rings. The summed E-state index contributed by atoms with van der Waals surface area (Å²) in [5, 5.41) is 0. The molecule has 0 saturated carbocycles. The van der Waals surface area contributed by atoms with Gasteiger partial charge in [-0.25, -0.2) is 0 Å². The van der Waals surface area contributed by atoms with Crippen LogP contribution < -0.4 is 0 Å². The van der Waals surface area contributed by atoms with Crippen molar-refractivity contribution >= 4 is 11.7 Å². The first kappa shape index (κ1) is 10.6. The Kier molecular flexibility index (Phi) is 1.99. The standard InChI is InChI=1S/C11H17NO3/c1-10(2,3)9-12-8(14)5-7(13)11(12,4)6-15-9/h9H,5-6H2,1-4H3/t9-,11-/m1/s1. The fourth-order valence-corrected chi connectivity index (χ4v) is 2.32. The lowest BCUT2D eigenvalue weighted by molar-refractivity contribution is -0.141. The topological polar surface area (TPSA) is 46.6 Å². The van der Waals surface area contributed by atoms with Crippen LogP contribution in [-0.2, 0) is 14.3 Å². The molecular weight excluding hydrogens is 194 g/mol. The van der Waals surface area contributed by atoms with E-state index in [4.69, 9.17) is 4.74 Å². The third kappa shape index (κ3) is 1.31. The van der Waals surface area contributed by atoms with Crippen molar-refractivity contribution in [1.82, 2.24) is 4.90 Å². The molecule has 2 aliphatic heterocycles. The molecule has 2 atom stereocenters. The summed E-state index contributed by atoms with van der Waals surface area (Å²) in [7, 11) is 0. The minimum Gasteiger partial charge on any atom is -0.355 e. The third-order valence-electron chi connectivity index (χ3n) is 3.21. The first-order valence-corrected chi connectivity index (χ1v) is 5.24. The molecule has 2 heterocycles. The summed E-state index contributed by atoms with van der Waals surface area (Å²) in [4.78, 5) is 25.1. The number of amides is 1. The summed E-state index contributed by atoms with van der Waals surface area (Å²) in [5.41, 5.74) is -0.868. The lowest BCUT2D eigenvalue weighted by Crippen LogP contribution is -2.50. The van der Waals surface area contributed by atoms with Crippen LogP contribution in [0.15, 0.2) is 0 Å². The number of ether oxygens (including phenoxy) is 1. The zero-order valence-corrected chi connectivity index (χ0v) is 9.66. The first-order valence-electron chi connectivity index (χ1n) is 5.24. The van der Waals surface area contributed by atoms with Gasteiger partial charge in [0, 0.05) is 5.41 Å². The number of Topliss-reactive ketones (excluding diaryl/α,β-unsaturated/α-hetero) is 1. The number of carbonyl (C=O) groups excluding carboxylic acids is 2. The molecular formula is C11H17NO3. The van der Waals surface area contributed by atoms with Crippen LogP contribution in [0.4, 0.5) is 0 Å². The average molecular weight is 211 g/mol. The van der Waals surface area contributed by atoms with E-state index in [1.54, 1.807) is 11.8 Å². The van der Waals surface area contributed by atoms with Crippen LogP contribution in [0.25, 0.3) is 0 Å². The second-order valence-electron chi connectivity index (χ2n) is 5.67. The minimum absolute atomic E-state index is 0.0146. The Balaban J connectivity index is 2.37. The third-order valence-corrected chi connectivity index (χ3v) is 3.21. The number of carbonyl (C=O) groups is 2. The molecule has 4 nitrogen and oxygen atoms in total. The van der Waals surface area contributed by atoms with Gasteiger partial charge in [0.25, 0.3) is 0 Å². The molecule has 0 aromatic rings. The van der Waals surface area contributed by atoms with Crippen LogP contribution in [0, 0.1) is 5.41 Å². The molecule has 0 spiro atoms. The molecule has 0 aliphatic carbocycles. The van der Waals surface area contributed by atoms with Crippen molar-refractivity contribution in [3.8, 4) is 0 Å². The van der Waals surface area contributed by atoms with Gasteiger partial charge in [0.15, 0.2) is 5.78 Å². The molecule has 0 aromatic heterocycles. The Morgan fingerprint density at radius 2 is 2.00 bits per heavy atom. The maximum absolute atomic E-state index is 11.8. The van der Waals surface area contributed by atoms with Crippen molar-refractivity contribution in [3.05, 3.63) is 0 Å². The number of ketones is 1. The van der Waals surface area contributed by atoms with Crippen LogP contribution in [-0.4, -0.2) is 35.0 Å². The predicted octanol–water partition coefficient (Wildman–Crippen LogP) is 0.949. The Morgan fingerprint density at radius 3 is 2.53 bits per heavy atom. The van der Waals surface area contributed by atoms with Gasteiger partial charge in [-0.3, -0.25) is 9.59 Å². The van der Waals surface area contributed by atoms with E-state index in [1.165, 1.54) is 0 Å². The van der Waals surface area contributed by atoms with Crippen molar-refractivity contribution in [2.24, 2.45) is 5.41 Å². The van der Waals surface area contributed by atoms with E-state index in [2.05, 4.69) is 0 Å². The number of rotatable bonds is 0. The first-order chi connectivity index (χ1) is 6.77. The van der Waals surface area contributed by atoms with Gasteiger partial charge in [0.05, 0.1) is 13.0 Å². The van der Waals surface area contributed by atoms with Crippen molar-refractivity contribution < 1.29 is 14.3 Å². The van der Waals surface area contributed by atoms with E-state index in [0.717, 1.165) is 0 Å². The largest absolute Gasteiger partial charge is 0.355 e. The zero-order valence-electron chi connectivity index (χ0n) is 9.66. The van der Waals surface area contributed by atoms with Gasteiger partial charge in [0.1, 0.15) is 11.8 Å². The Bertz CT molecular complexity index is 331. The van der Waals surface area contributed by atoms with Gasteiger partial charge >= 0.3 is 0 Å². The maximum Gasteiger partial charge on any atom is 0.233 e. The van der Waals surface area contributed by atoms with E-state index in [-0.39, 0.29) is 29.8 Å². The van der Waals surface area contributed by atoms with Gasteiger partial charge < -0.3 is 9.64 Å². The highest BCUT2D eigenvalue weighted by atomic mass is 16.5. The normalized spacial score (nSPS) is 36.3. The van der Waals surface area contributed by atoms with Crippen molar-refractivity contribution in [1.29, 1.82) is 0 Å². The fourth-order valence-electron chi connectivity index (χ4n) is 2.32. The second-order valence-corrected chi connectivity index (χ2v) is 5.67. The second kappa shape index (κ2) is 2.82. The van der Waals surface area contributed by atoms with Gasteiger partial charge in [-0.2, -0.15) is 0 Å². The highest BCUT2D eigenvalue weighted by Crippen LogP contribution is 2.41. The Labute approximate surface area is 89.6 Å². The summed E-state index contributed by atoms with van der Waals surface area (Å²) < 4.78 is 5.61. The summed E-state index contributed by atoms with van der Waals surface area (Å²) in [5.74, 6) is -0.112. The van der Waals surface area contributed by atoms with Crippen LogP contribution in [0.5, 0.6) is 0 Å². The molecule has 0 aromatic carbocycles. The van der Waals surface area contributed by atoms with Gasteiger partial charge in [-0.05, 0) is 6.92 Å². The van der Waals surface area contributed by atoms with Crippen LogP contribution in [0.1, 0.15) is 34.1 Å². The monoisotopic (exact) mass is 211 g/mol. The summed E-state index contributed by atoms with van der Waals surface area (Å²) >= 11 is 0. The SMILES string of the molecule is CC(C)(C)[C@H]1OC[C@]2(C)C(=O)CC(=O)N12. The van der Waals surface area contributed by atoms with Crippen molar-refractivity contribution in [3.63, 3.8) is 0 Å². The smallest absolute Gasteiger partial charge is 0.233 e. The molecule has 0 radical (unpaired) electrons. The van der Waals surface area contributed by atoms with Gasteiger partial charge in [-0.1, -0.05) is 20.8 Å². The zero-order chi connectivity index (χ0) is 11.4. The number of hydrogen-bond acceptors (Lipinski definition) is 3. The molecule has 15 heavy (non-hydrogen) atoms. The van der Waals surface area contributed by atoms with Crippen molar-refractivity contribution in [2.75, 3.05) is 6.61 Å². The van der Waals surface area contributed by atoms with Gasteiger partial charge in [-0.15, -0.1) is 0 Å². The van der Waals surface area contributed by atoms with Gasteiger partial charge in [0.2, 0.25) is 5.91 Å². The highest BCUT2D eigenvalue weighted by molar-refractivity contribution is 6.10. The summed E-state index contributed by atoms with van der Waals surface area (Å²) in [6.07, 6.45) is -0.242. The average Bonchev–Trinajstić information content (AvgIpc) is 2.51.